The van der Waals surface area contributed by atoms with Gasteiger partial charge >= 0.3 is 12.2 Å². The first kappa shape index (κ1) is 26.6. The maximum atomic E-state index is 13.2. The van der Waals surface area contributed by atoms with Crippen LogP contribution >= 0.6 is 0 Å². The smallest absolute Gasteiger partial charge is 0.353 e. The van der Waals surface area contributed by atoms with Crippen LogP contribution in [-0.2, 0) is 6.18 Å². The second kappa shape index (κ2) is 11.0. The van der Waals surface area contributed by atoms with E-state index in [-0.39, 0.29) is 11.5 Å². The Morgan fingerprint density at radius 1 is 0.900 bits per heavy atom. The van der Waals surface area contributed by atoms with Crippen molar-refractivity contribution in [2.24, 2.45) is 0 Å². The lowest BCUT2D eigenvalue weighted by Crippen LogP contribution is -2.43. The van der Waals surface area contributed by atoms with Crippen LogP contribution in [0, 0.1) is 11.3 Å². The highest BCUT2D eigenvalue weighted by Gasteiger charge is 2.34. The highest BCUT2D eigenvalue weighted by molar-refractivity contribution is 6.10. The molecule has 9 nitrogen and oxygen atoms in total. The number of carbonyl (C=O) groups is 2. The summed E-state index contributed by atoms with van der Waals surface area (Å²) in [6.07, 6.45) is -3.01. The van der Waals surface area contributed by atoms with Crippen molar-refractivity contribution in [2.75, 3.05) is 41.7 Å². The molecule has 3 N–H and O–H groups in total. The van der Waals surface area contributed by atoms with Crippen LogP contribution < -0.4 is 20.9 Å². The van der Waals surface area contributed by atoms with Gasteiger partial charge in [-0.2, -0.15) is 18.4 Å². The van der Waals surface area contributed by atoms with E-state index in [9.17, 15) is 22.8 Å². The largest absolute Gasteiger partial charge is 0.417 e. The lowest BCUT2D eigenvalue weighted by atomic mass is 10.0. The highest BCUT2D eigenvalue weighted by atomic mass is 19.4. The van der Waals surface area contributed by atoms with Crippen LogP contribution in [0.5, 0.6) is 0 Å². The summed E-state index contributed by atoms with van der Waals surface area (Å²) in [6.45, 7) is 3.36. The average Bonchev–Trinajstić information content (AvgIpc) is 2.96. The van der Waals surface area contributed by atoms with Crippen molar-refractivity contribution < 1.29 is 22.8 Å². The SMILES string of the molecule is N#Cc1ccc(NC(=O)Nc2ccc(C(=O)c3ccc4ncc(N5CCNCC5)nc4c3)cc2)cc1C(F)(F)F. The summed E-state index contributed by atoms with van der Waals surface area (Å²) < 4.78 is 39.5. The first-order valence-electron chi connectivity index (χ1n) is 12.3. The molecule has 0 unspecified atom stereocenters. The molecule has 202 valence electrons. The predicted octanol–water partition coefficient (Wildman–Crippen LogP) is 4.80. The zero-order valence-electron chi connectivity index (χ0n) is 20.9. The molecule has 40 heavy (non-hydrogen) atoms. The van der Waals surface area contributed by atoms with Crippen molar-refractivity contribution in [2.45, 2.75) is 6.18 Å². The van der Waals surface area contributed by atoms with Gasteiger partial charge in [0.2, 0.25) is 0 Å². The van der Waals surface area contributed by atoms with Crippen molar-refractivity contribution in [1.29, 1.82) is 5.26 Å². The van der Waals surface area contributed by atoms with E-state index in [1.165, 1.54) is 36.4 Å². The van der Waals surface area contributed by atoms with Gasteiger partial charge in [0.15, 0.2) is 5.78 Å². The monoisotopic (exact) mass is 545 g/mol. The number of rotatable bonds is 5. The fourth-order valence-electron chi connectivity index (χ4n) is 4.31. The normalized spacial score (nSPS) is 13.5. The van der Waals surface area contributed by atoms with E-state index in [2.05, 4.69) is 25.8 Å². The Kier molecular flexibility index (Phi) is 7.31. The van der Waals surface area contributed by atoms with Gasteiger partial charge in [-0.3, -0.25) is 9.78 Å². The molecular weight excluding hydrogens is 523 g/mol. The third-order valence-corrected chi connectivity index (χ3v) is 6.34. The molecular formula is C28H22F3N7O2. The molecule has 0 spiro atoms. The number of amides is 2. The van der Waals surface area contributed by atoms with Crippen LogP contribution in [0.2, 0.25) is 0 Å². The molecule has 1 fully saturated rings. The number of nitrogens with zero attached hydrogens (tertiary/aromatic N) is 4. The Balaban J connectivity index is 1.27. The number of carbonyl (C=O) groups excluding carboxylic acids is 2. The molecule has 1 aliphatic heterocycles. The molecule has 0 aliphatic carbocycles. The summed E-state index contributed by atoms with van der Waals surface area (Å²) in [5.41, 5.74) is 0.586. The fourth-order valence-corrected chi connectivity index (χ4v) is 4.31. The number of aromatic nitrogens is 2. The Morgan fingerprint density at radius 3 is 2.27 bits per heavy atom. The van der Waals surface area contributed by atoms with E-state index in [4.69, 9.17) is 10.2 Å². The number of alkyl halides is 3. The maximum Gasteiger partial charge on any atom is 0.417 e. The Morgan fingerprint density at radius 2 is 1.57 bits per heavy atom. The van der Waals surface area contributed by atoms with E-state index in [1.807, 2.05) is 0 Å². The number of anilines is 3. The van der Waals surface area contributed by atoms with E-state index in [0.717, 1.165) is 38.1 Å². The summed E-state index contributed by atoms with van der Waals surface area (Å²) in [4.78, 5) is 36.8. The van der Waals surface area contributed by atoms with E-state index < -0.39 is 23.3 Å². The van der Waals surface area contributed by atoms with Gasteiger partial charge in [-0.05, 0) is 60.7 Å². The number of nitrogens with one attached hydrogen (secondary N) is 3. The van der Waals surface area contributed by atoms with Crippen LogP contribution in [-0.4, -0.2) is 48.0 Å². The third-order valence-electron chi connectivity index (χ3n) is 6.34. The predicted molar refractivity (Wildman–Crippen MR) is 143 cm³/mol. The second-order valence-electron chi connectivity index (χ2n) is 9.02. The Hall–Kier alpha value is -5.02. The third kappa shape index (κ3) is 5.84. The summed E-state index contributed by atoms with van der Waals surface area (Å²) in [5.74, 6) is 0.507. The molecule has 1 aromatic heterocycles. The number of piperazine rings is 1. The van der Waals surface area contributed by atoms with Crippen molar-refractivity contribution >= 4 is 40.0 Å². The molecule has 0 atom stereocenters. The van der Waals surface area contributed by atoms with Crippen LogP contribution in [0.3, 0.4) is 0 Å². The number of urea groups is 1. The highest BCUT2D eigenvalue weighted by Crippen LogP contribution is 2.33. The minimum absolute atomic E-state index is 0.130. The van der Waals surface area contributed by atoms with E-state index in [0.29, 0.717) is 33.9 Å². The van der Waals surface area contributed by atoms with Gasteiger partial charge in [-0.25, -0.2) is 9.78 Å². The van der Waals surface area contributed by atoms with E-state index in [1.54, 1.807) is 24.4 Å². The van der Waals surface area contributed by atoms with Crippen molar-refractivity contribution in [3.63, 3.8) is 0 Å². The van der Waals surface area contributed by atoms with Gasteiger partial charge in [0.25, 0.3) is 0 Å². The molecule has 0 radical (unpaired) electrons. The topological polar surface area (TPSA) is 123 Å². The Labute approximate surface area is 226 Å². The molecule has 2 heterocycles. The van der Waals surface area contributed by atoms with Gasteiger partial charge in [-0.15, -0.1) is 0 Å². The number of nitriles is 1. The molecule has 0 saturated carbocycles. The zero-order chi connectivity index (χ0) is 28.3. The molecule has 1 aliphatic rings. The number of ketones is 1. The zero-order valence-corrected chi connectivity index (χ0v) is 20.9. The van der Waals surface area contributed by atoms with Crippen molar-refractivity contribution in [1.82, 2.24) is 15.3 Å². The van der Waals surface area contributed by atoms with Gasteiger partial charge in [0.1, 0.15) is 5.82 Å². The number of fused-ring (bicyclic) bond motifs is 1. The number of halogens is 3. The van der Waals surface area contributed by atoms with Gasteiger partial charge in [-0.1, -0.05) is 0 Å². The minimum atomic E-state index is -4.74. The molecule has 5 rings (SSSR count). The molecule has 0 bridgehead atoms. The molecule has 4 aromatic rings. The van der Waals surface area contributed by atoms with Crippen LogP contribution in [0.15, 0.2) is 66.9 Å². The lowest BCUT2D eigenvalue weighted by molar-refractivity contribution is -0.137. The first-order chi connectivity index (χ1) is 19.2. The molecule has 2 amide bonds. The maximum absolute atomic E-state index is 13.2. The number of hydrogen-bond acceptors (Lipinski definition) is 7. The number of hydrogen-bond donors (Lipinski definition) is 3. The lowest BCUT2D eigenvalue weighted by Gasteiger charge is -2.28. The fraction of sp³-hybridized carbons (Fsp3) is 0.179. The average molecular weight is 546 g/mol. The first-order valence-corrected chi connectivity index (χ1v) is 12.3. The second-order valence-corrected chi connectivity index (χ2v) is 9.02. The summed E-state index contributed by atoms with van der Waals surface area (Å²) >= 11 is 0. The molecule has 12 heteroatoms. The van der Waals surface area contributed by atoms with Crippen LogP contribution in [0.1, 0.15) is 27.0 Å². The number of benzene rings is 3. The van der Waals surface area contributed by atoms with Crippen molar-refractivity contribution in [3.05, 3.63) is 89.1 Å². The quantitative estimate of drug-likeness (QED) is 0.308. The minimum Gasteiger partial charge on any atom is -0.353 e. The van der Waals surface area contributed by atoms with Crippen LogP contribution in [0.4, 0.5) is 35.2 Å². The van der Waals surface area contributed by atoms with Gasteiger partial charge in [0, 0.05) is 48.7 Å². The summed E-state index contributed by atoms with van der Waals surface area (Å²) in [7, 11) is 0. The summed E-state index contributed by atoms with van der Waals surface area (Å²) in [5, 5.41) is 17.0. The standard InChI is InChI=1S/C28H22F3N7O2/c29-28(30,31)22-14-21(7-3-19(22)15-32)36-27(40)35-20-5-1-17(2-6-20)26(39)18-4-8-23-24(13-18)37-25(16-34-23)38-11-9-33-10-12-38/h1-8,13-14,16,33H,9-12H2,(H2,35,36,40). The Bertz CT molecular complexity index is 1630. The summed E-state index contributed by atoms with van der Waals surface area (Å²) in [6, 6.07) is 14.8. The molecule has 3 aromatic carbocycles. The molecule has 1 saturated heterocycles. The van der Waals surface area contributed by atoms with E-state index >= 15 is 0 Å². The van der Waals surface area contributed by atoms with Gasteiger partial charge < -0.3 is 20.9 Å². The van der Waals surface area contributed by atoms with Crippen molar-refractivity contribution in [3.8, 4) is 6.07 Å². The van der Waals surface area contributed by atoms with Gasteiger partial charge in [0.05, 0.1) is 34.4 Å². The van der Waals surface area contributed by atoms with Crippen LogP contribution in [0.25, 0.3) is 11.0 Å².